The second kappa shape index (κ2) is 7.86. The molecule has 1 heterocycles. The van der Waals surface area contributed by atoms with Crippen LogP contribution in [0.3, 0.4) is 0 Å². The molecule has 7 rings (SSSR count). The second-order valence-electron chi connectivity index (χ2n) is 10.9. The van der Waals surface area contributed by atoms with Gasteiger partial charge in [-0.15, -0.1) is 0 Å². The molecule has 0 bridgehead atoms. The molecule has 0 saturated heterocycles. The van der Waals surface area contributed by atoms with E-state index in [1.807, 2.05) is 0 Å². The van der Waals surface area contributed by atoms with Crippen molar-refractivity contribution in [2.24, 2.45) is 0 Å². The molecule has 0 aromatic heterocycles. The van der Waals surface area contributed by atoms with E-state index in [0.717, 1.165) is 11.5 Å². The van der Waals surface area contributed by atoms with Crippen LogP contribution in [0, 0.1) is 0 Å². The topological polar surface area (TPSA) is 9.23 Å². The summed E-state index contributed by atoms with van der Waals surface area (Å²) in [5.41, 5.74) is 6.70. The number of benzene rings is 6. The van der Waals surface area contributed by atoms with Crippen LogP contribution < -0.4 is 21.1 Å². The van der Waals surface area contributed by atoms with Gasteiger partial charge >= 0.3 is 0 Å². The lowest BCUT2D eigenvalue weighted by molar-refractivity contribution is 0.488. The molecule has 0 amide bonds. The first kappa shape index (κ1) is 21.5. The van der Waals surface area contributed by atoms with Crippen LogP contribution in [-0.2, 0) is 0 Å². The molecule has 1 aliphatic rings. The monoisotopic (exact) mass is 464 g/mol. The van der Waals surface area contributed by atoms with E-state index >= 15 is 0 Å². The molecular formula is C34H29BO. The van der Waals surface area contributed by atoms with Crippen molar-refractivity contribution in [1.29, 1.82) is 0 Å². The van der Waals surface area contributed by atoms with Gasteiger partial charge in [-0.25, -0.2) is 0 Å². The summed E-state index contributed by atoms with van der Waals surface area (Å²) in [4.78, 5) is 0. The first-order valence-corrected chi connectivity index (χ1v) is 13.1. The zero-order valence-corrected chi connectivity index (χ0v) is 21.3. The first-order chi connectivity index (χ1) is 17.5. The summed E-state index contributed by atoms with van der Waals surface area (Å²) in [6.07, 6.45) is 0. The van der Waals surface area contributed by atoms with Gasteiger partial charge in [0.15, 0.2) is 0 Å². The summed E-state index contributed by atoms with van der Waals surface area (Å²) in [5.74, 6) is 2.86. The molecule has 1 nitrogen and oxygen atoms in total. The molecule has 0 radical (unpaired) electrons. The van der Waals surface area contributed by atoms with Gasteiger partial charge in [-0.1, -0.05) is 112 Å². The Bertz CT molecular complexity index is 1740. The van der Waals surface area contributed by atoms with Gasteiger partial charge in [0.1, 0.15) is 11.5 Å². The average molecular weight is 464 g/mol. The molecule has 6 aromatic rings. The summed E-state index contributed by atoms with van der Waals surface area (Å²) < 4.78 is 6.60. The van der Waals surface area contributed by atoms with Crippen LogP contribution in [0.15, 0.2) is 91.0 Å². The van der Waals surface area contributed by atoms with Crippen molar-refractivity contribution < 1.29 is 4.74 Å². The summed E-state index contributed by atoms with van der Waals surface area (Å²) >= 11 is 0. The molecule has 0 saturated carbocycles. The fourth-order valence-electron chi connectivity index (χ4n) is 6.44. The smallest absolute Gasteiger partial charge is 0.251 e. The fourth-order valence-corrected chi connectivity index (χ4v) is 6.44. The van der Waals surface area contributed by atoms with Gasteiger partial charge in [0.05, 0.1) is 0 Å². The van der Waals surface area contributed by atoms with E-state index in [0.29, 0.717) is 11.8 Å². The zero-order chi connectivity index (χ0) is 24.6. The Balaban J connectivity index is 1.65. The molecule has 0 unspecified atom stereocenters. The van der Waals surface area contributed by atoms with Gasteiger partial charge in [-0.05, 0) is 78.3 Å². The predicted molar refractivity (Wildman–Crippen MR) is 156 cm³/mol. The summed E-state index contributed by atoms with van der Waals surface area (Å²) in [7, 11) is 0. The third kappa shape index (κ3) is 2.97. The van der Waals surface area contributed by atoms with E-state index in [9.17, 15) is 0 Å². The predicted octanol–water partition coefficient (Wildman–Crippen LogP) is 7.45. The molecule has 0 aliphatic carbocycles. The summed E-state index contributed by atoms with van der Waals surface area (Å²) in [6, 6.07) is 33.5. The van der Waals surface area contributed by atoms with E-state index in [4.69, 9.17) is 4.74 Å². The van der Waals surface area contributed by atoms with Gasteiger partial charge in [0, 0.05) is 0 Å². The molecule has 36 heavy (non-hydrogen) atoms. The fraction of sp³-hybridized carbons (Fsp3) is 0.176. The Morgan fingerprint density at radius 1 is 0.583 bits per heavy atom. The normalized spacial score (nSPS) is 13.1. The highest BCUT2D eigenvalue weighted by atomic mass is 16.5. The minimum Gasteiger partial charge on any atom is -0.458 e. The molecule has 174 valence electrons. The molecule has 0 atom stereocenters. The Kier molecular flexibility index (Phi) is 4.70. The van der Waals surface area contributed by atoms with Gasteiger partial charge < -0.3 is 4.74 Å². The van der Waals surface area contributed by atoms with Gasteiger partial charge in [-0.2, -0.15) is 0 Å². The first-order valence-electron chi connectivity index (χ1n) is 13.1. The lowest BCUT2D eigenvalue weighted by Crippen LogP contribution is -2.55. The highest BCUT2D eigenvalue weighted by Crippen LogP contribution is 2.43. The average Bonchev–Trinajstić information content (AvgIpc) is 2.89. The maximum atomic E-state index is 6.60. The molecule has 0 fully saturated rings. The second-order valence-corrected chi connectivity index (χ2v) is 10.9. The van der Waals surface area contributed by atoms with E-state index in [2.05, 4.69) is 119 Å². The van der Waals surface area contributed by atoms with Crippen molar-refractivity contribution in [2.45, 2.75) is 39.5 Å². The summed E-state index contributed by atoms with van der Waals surface area (Å²) in [6.45, 7) is 9.38. The molecule has 0 spiro atoms. The largest absolute Gasteiger partial charge is 0.458 e. The van der Waals surface area contributed by atoms with Gasteiger partial charge in [-0.3, -0.25) is 0 Å². The van der Waals surface area contributed by atoms with Crippen molar-refractivity contribution in [3.63, 3.8) is 0 Å². The van der Waals surface area contributed by atoms with Gasteiger partial charge in [0.2, 0.25) is 0 Å². The standard InChI is InChI=1S/C34H29BO/c1-20(2)27-19-28(21(3)4)25-16-17-26-32-22(14-15-24(27)33(25)32)18-31-34(26)35(23-10-6-5-7-11-23)29-12-8-9-13-30(29)36-31/h5-21H,1-4H3. The summed E-state index contributed by atoms with van der Waals surface area (Å²) in [5, 5.41) is 8.11. The Hall–Kier alpha value is -3.78. The Labute approximate surface area is 213 Å². The number of ether oxygens (including phenoxy) is 1. The van der Waals surface area contributed by atoms with E-state index in [-0.39, 0.29) is 6.71 Å². The van der Waals surface area contributed by atoms with Crippen LogP contribution in [0.4, 0.5) is 0 Å². The number of rotatable bonds is 3. The van der Waals surface area contributed by atoms with Crippen LogP contribution in [0.5, 0.6) is 11.5 Å². The van der Waals surface area contributed by atoms with Crippen molar-refractivity contribution in [3.05, 3.63) is 102 Å². The maximum absolute atomic E-state index is 6.60. The number of hydrogen-bond acceptors (Lipinski definition) is 1. The highest BCUT2D eigenvalue weighted by molar-refractivity contribution is 6.98. The Morgan fingerprint density at radius 2 is 1.22 bits per heavy atom. The van der Waals surface area contributed by atoms with Gasteiger partial charge in [0.25, 0.3) is 6.71 Å². The lowest BCUT2D eigenvalue weighted by atomic mass is 9.35. The van der Waals surface area contributed by atoms with Crippen LogP contribution in [0.1, 0.15) is 50.7 Å². The van der Waals surface area contributed by atoms with Crippen LogP contribution in [0.25, 0.3) is 32.3 Å². The lowest BCUT2D eigenvalue weighted by Gasteiger charge is -2.29. The minimum absolute atomic E-state index is 0.129. The third-order valence-electron chi connectivity index (χ3n) is 8.08. The minimum atomic E-state index is 0.129. The molecule has 6 aromatic carbocycles. The number of para-hydroxylation sites is 1. The van der Waals surface area contributed by atoms with Crippen LogP contribution >= 0.6 is 0 Å². The van der Waals surface area contributed by atoms with Crippen LogP contribution in [-0.4, -0.2) is 6.71 Å². The molecular weight excluding hydrogens is 435 g/mol. The zero-order valence-electron chi connectivity index (χ0n) is 21.3. The van der Waals surface area contributed by atoms with E-state index < -0.39 is 0 Å². The number of hydrogen-bond donors (Lipinski definition) is 0. The van der Waals surface area contributed by atoms with Crippen molar-refractivity contribution >= 4 is 55.4 Å². The van der Waals surface area contributed by atoms with Crippen molar-refractivity contribution in [3.8, 4) is 11.5 Å². The maximum Gasteiger partial charge on any atom is 0.251 e. The number of fused-ring (bicyclic) bond motifs is 3. The Morgan fingerprint density at radius 3 is 1.94 bits per heavy atom. The van der Waals surface area contributed by atoms with Crippen molar-refractivity contribution in [2.75, 3.05) is 0 Å². The highest BCUT2D eigenvalue weighted by Gasteiger charge is 2.34. The van der Waals surface area contributed by atoms with Crippen LogP contribution in [0.2, 0.25) is 0 Å². The molecule has 2 heteroatoms. The molecule has 1 aliphatic heterocycles. The van der Waals surface area contributed by atoms with E-state index in [1.54, 1.807) is 0 Å². The third-order valence-corrected chi connectivity index (χ3v) is 8.08. The SMILES string of the molecule is CC(C)c1cc(C(C)C)c2ccc3c4c(cc5ccc1c2c53)Oc1ccccc1B4c1ccccc1. The van der Waals surface area contributed by atoms with Crippen molar-refractivity contribution in [1.82, 2.24) is 0 Å². The van der Waals surface area contributed by atoms with E-state index in [1.165, 1.54) is 59.8 Å². The quantitative estimate of drug-likeness (QED) is 0.195. The molecule has 0 N–H and O–H groups in total.